The molecule has 0 fully saturated rings. The molecule has 2 aromatic rings. The quantitative estimate of drug-likeness (QED) is 0.534. The summed E-state index contributed by atoms with van der Waals surface area (Å²) in [5, 5.41) is 7.06. The minimum absolute atomic E-state index is 0.0191. The van der Waals surface area contributed by atoms with E-state index in [0.29, 0.717) is 17.0 Å². The number of nitrogens with one attached hydrogen (secondary N) is 2. The van der Waals surface area contributed by atoms with Crippen LogP contribution in [0.2, 0.25) is 0 Å². The fourth-order valence-corrected chi connectivity index (χ4v) is 1.80. The second kappa shape index (κ2) is 4.36. The van der Waals surface area contributed by atoms with Gasteiger partial charge < -0.3 is 10.7 Å². The molecule has 0 radical (unpaired) electrons. The Labute approximate surface area is 95.6 Å². The van der Waals surface area contributed by atoms with Gasteiger partial charge in [0, 0.05) is 5.75 Å². The maximum atomic E-state index is 11.6. The highest BCUT2D eigenvalue weighted by atomic mass is 32.2. The Balaban J connectivity index is 2.42. The van der Waals surface area contributed by atoms with Gasteiger partial charge in [0.1, 0.15) is 5.69 Å². The van der Waals surface area contributed by atoms with Gasteiger partial charge in [0.25, 0.3) is 5.56 Å². The second-order valence-corrected chi connectivity index (χ2v) is 4.20. The summed E-state index contributed by atoms with van der Waals surface area (Å²) in [4.78, 5) is 18.6. The molecule has 16 heavy (non-hydrogen) atoms. The number of thioether (sulfide) groups is 1. The normalized spacial score (nSPS) is 10.5. The summed E-state index contributed by atoms with van der Waals surface area (Å²) in [5.41, 5.74) is 6.82. The van der Waals surface area contributed by atoms with E-state index in [4.69, 9.17) is 11.1 Å². The number of nitrogens with zero attached hydrogens (tertiary/aromatic N) is 1. The Morgan fingerprint density at radius 3 is 3.00 bits per heavy atom. The first-order valence-electron chi connectivity index (χ1n) is 4.61. The molecule has 0 saturated carbocycles. The minimum atomic E-state index is -0.229. The van der Waals surface area contributed by atoms with Crippen molar-refractivity contribution < 1.29 is 0 Å². The Kier molecular flexibility index (Phi) is 2.91. The zero-order valence-electron chi connectivity index (χ0n) is 8.36. The molecule has 6 heteroatoms. The van der Waals surface area contributed by atoms with Crippen LogP contribution < -0.4 is 11.3 Å². The van der Waals surface area contributed by atoms with Crippen molar-refractivity contribution in [2.45, 2.75) is 5.75 Å². The number of hydrogen-bond acceptors (Lipinski definition) is 4. The Hall–Kier alpha value is -1.82. The van der Waals surface area contributed by atoms with Crippen molar-refractivity contribution in [3.63, 3.8) is 0 Å². The summed E-state index contributed by atoms with van der Waals surface area (Å²) >= 11 is 1.09. The van der Waals surface area contributed by atoms with Crippen LogP contribution in [0.3, 0.4) is 0 Å². The molecule has 1 aromatic carbocycles. The van der Waals surface area contributed by atoms with Crippen molar-refractivity contribution in [3.8, 4) is 0 Å². The number of para-hydroxylation sites is 2. The van der Waals surface area contributed by atoms with E-state index < -0.39 is 0 Å². The third-order valence-corrected chi connectivity index (χ3v) is 2.76. The molecule has 0 bridgehead atoms. The average molecular weight is 234 g/mol. The molecule has 0 unspecified atom stereocenters. The average Bonchev–Trinajstić information content (AvgIpc) is 2.26. The molecule has 0 spiro atoms. The molecule has 82 valence electrons. The highest BCUT2D eigenvalue weighted by molar-refractivity contribution is 8.13. The van der Waals surface area contributed by atoms with Crippen molar-refractivity contribution >= 4 is 28.0 Å². The molecule has 1 heterocycles. The number of rotatable bonds is 2. The molecule has 1 aromatic heterocycles. The summed E-state index contributed by atoms with van der Waals surface area (Å²) in [6.07, 6.45) is 0. The second-order valence-electron chi connectivity index (χ2n) is 3.18. The molecule has 0 aliphatic heterocycles. The number of amidine groups is 1. The molecule has 0 aliphatic carbocycles. The van der Waals surface area contributed by atoms with E-state index in [0.717, 1.165) is 17.3 Å². The molecule has 0 atom stereocenters. The summed E-state index contributed by atoms with van der Waals surface area (Å²) < 4.78 is 0. The van der Waals surface area contributed by atoms with Crippen LogP contribution in [0.15, 0.2) is 29.1 Å². The summed E-state index contributed by atoms with van der Waals surface area (Å²) in [6.45, 7) is 0. The van der Waals surface area contributed by atoms with Crippen LogP contribution in [0.1, 0.15) is 5.69 Å². The number of hydrogen-bond donors (Lipinski definition) is 3. The van der Waals surface area contributed by atoms with E-state index >= 15 is 0 Å². The SMILES string of the molecule is N=C(N)SCc1nc2ccccc2[nH]c1=O. The fourth-order valence-electron chi connectivity index (χ4n) is 1.31. The van der Waals surface area contributed by atoms with E-state index in [1.54, 1.807) is 6.07 Å². The molecular formula is C10H10N4OS. The van der Waals surface area contributed by atoms with Gasteiger partial charge in [-0.05, 0) is 12.1 Å². The van der Waals surface area contributed by atoms with Gasteiger partial charge in [0.15, 0.2) is 5.17 Å². The highest BCUT2D eigenvalue weighted by Crippen LogP contribution is 2.10. The van der Waals surface area contributed by atoms with Gasteiger partial charge in [-0.3, -0.25) is 10.2 Å². The molecule has 0 saturated heterocycles. The lowest BCUT2D eigenvalue weighted by molar-refractivity contribution is 1.11. The predicted octanol–water partition coefficient (Wildman–Crippen LogP) is 1.05. The lowest BCUT2D eigenvalue weighted by atomic mass is 10.3. The number of aromatic amines is 1. The largest absolute Gasteiger partial charge is 0.379 e. The lowest BCUT2D eigenvalue weighted by Gasteiger charge is -2.01. The number of fused-ring (bicyclic) bond motifs is 1. The van der Waals surface area contributed by atoms with Gasteiger partial charge in [-0.2, -0.15) is 0 Å². The monoisotopic (exact) mass is 234 g/mol. The van der Waals surface area contributed by atoms with Crippen LogP contribution in [0.25, 0.3) is 11.0 Å². The Morgan fingerprint density at radius 1 is 1.50 bits per heavy atom. The van der Waals surface area contributed by atoms with Crippen molar-refractivity contribution in [1.29, 1.82) is 5.41 Å². The summed E-state index contributed by atoms with van der Waals surface area (Å²) in [5.74, 6) is 0.315. The maximum Gasteiger partial charge on any atom is 0.271 e. The first-order valence-corrected chi connectivity index (χ1v) is 5.60. The van der Waals surface area contributed by atoms with E-state index in [-0.39, 0.29) is 10.7 Å². The van der Waals surface area contributed by atoms with Crippen LogP contribution in [-0.4, -0.2) is 15.1 Å². The third kappa shape index (κ3) is 2.22. The van der Waals surface area contributed by atoms with Gasteiger partial charge in [-0.25, -0.2) is 4.98 Å². The molecule has 0 amide bonds. The lowest BCUT2D eigenvalue weighted by Crippen LogP contribution is -2.15. The maximum absolute atomic E-state index is 11.6. The summed E-state index contributed by atoms with van der Waals surface area (Å²) in [6, 6.07) is 7.32. The van der Waals surface area contributed by atoms with Crippen molar-refractivity contribution in [2.75, 3.05) is 0 Å². The van der Waals surface area contributed by atoms with Gasteiger partial charge in [0.2, 0.25) is 0 Å². The fraction of sp³-hybridized carbons (Fsp3) is 0.100. The molecule has 5 nitrogen and oxygen atoms in total. The zero-order valence-corrected chi connectivity index (χ0v) is 9.17. The number of benzene rings is 1. The standard InChI is InChI=1S/C10H10N4OS/c11-10(12)16-5-8-9(15)14-7-4-2-1-3-6(7)13-8/h1-4H,5H2,(H3,11,12)(H,14,15). The van der Waals surface area contributed by atoms with Crippen LogP contribution in [0, 0.1) is 5.41 Å². The molecule has 4 N–H and O–H groups in total. The Morgan fingerprint density at radius 2 is 2.25 bits per heavy atom. The topological polar surface area (TPSA) is 95.6 Å². The first-order chi connectivity index (χ1) is 7.66. The van der Waals surface area contributed by atoms with Crippen molar-refractivity contribution in [1.82, 2.24) is 9.97 Å². The molecule has 2 rings (SSSR count). The van der Waals surface area contributed by atoms with Gasteiger partial charge in [-0.1, -0.05) is 23.9 Å². The minimum Gasteiger partial charge on any atom is -0.379 e. The number of aromatic nitrogens is 2. The van der Waals surface area contributed by atoms with Crippen molar-refractivity contribution in [3.05, 3.63) is 40.3 Å². The summed E-state index contributed by atoms with van der Waals surface area (Å²) in [7, 11) is 0. The molecular weight excluding hydrogens is 224 g/mol. The Bertz CT molecular complexity index is 593. The van der Waals surface area contributed by atoms with E-state index in [9.17, 15) is 4.79 Å². The van der Waals surface area contributed by atoms with E-state index in [2.05, 4.69) is 9.97 Å². The smallest absolute Gasteiger partial charge is 0.271 e. The van der Waals surface area contributed by atoms with Crippen LogP contribution >= 0.6 is 11.8 Å². The van der Waals surface area contributed by atoms with Gasteiger partial charge >= 0.3 is 0 Å². The van der Waals surface area contributed by atoms with Crippen molar-refractivity contribution in [2.24, 2.45) is 5.73 Å². The van der Waals surface area contributed by atoms with E-state index in [1.165, 1.54) is 0 Å². The number of nitrogens with two attached hydrogens (primary N) is 1. The van der Waals surface area contributed by atoms with Crippen LogP contribution in [-0.2, 0) is 5.75 Å². The van der Waals surface area contributed by atoms with Gasteiger partial charge in [0.05, 0.1) is 11.0 Å². The zero-order chi connectivity index (χ0) is 11.5. The van der Waals surface area contributed by atoms with Gasteiger partial charge in [-0.15, -0.1) is 0 Å². The third-order valence-electron chi connectivity index (χ3n) is 2.03. The van der Waals surface area contributed by atoms with Crippen LogP contribution in [0.5, 0.6) is 0 Å². The predicted molar refractivity (Wildman–Crippen MR) is 65.6 cm³/mol. The first kappa shape index (κ1) is 10.7. The van der Waals surface area contributed by atoms with E-state index in [1.807, 2.05) is 18.2 Å². The number of H-pyrrole nitrogens is 1. The molecule has 0 aliphatic rings. The van der Waals surface area contributed by atoms with Crippen LogP contribution in [0.4, 0.5) is 0 Å². The highest BCUT2D eigenvalue weighted by Gasteiger charge is 2.05.